The quantitative estimate of drug-likeness (QED) is 0.655. The molecular formula is C9H13NO6. The number of rotatable bonds is 2. The molecule has 0 radical (unpaired) electrons. The summed E-state index contributed by atoms with van der Waals surface area (Å²) >= 11 is 0. The van der Waals surface area contributed by atoms with E-state index in [9.17, 15) is 14.4 Å². The van der Waals surface area contributed by atoms with Gasteiger partial charge in [0.05, 0.1) is 0 Å². The number of carboxylic acid groups (broad SMARTS) is 2. The van der Waals surface area contributed by atoms with Crippen molar-refractivity contribution < 1.29 is 29.3 Å². The maximum atomic E-state index is 11.0. The topological polar surface area (TPSA) is 104 Å². The molecule has 16 heavy (non-hydrogen) atoms. The predicted molar refractivity (Wildman–Crippen MR) is 50.9 cm³/mol. The maximum Gasteiger partial charge on any atom is 0.408 e. The van der Waals surface area contributed by atoms with Gasteiger partial charge >= 0.3 is 18.0 Å². The molecule has 0 aromatic rings. The average Bonchev–Trinajstić information content (AvgIpc) is 2.15. The minimum absolute atomic E-state index is 0.143. The van der Waals surface area contributed by atoms with Gasteiger partial charge in [-0.2, -0.15) is 0 Å². The third-order valence-corrected chi connectivity index (χ3v) is 2.39. The van der Waals surface area contributed by atoms with Crippen molar-refractivity contribution in [1.29, 1.82) is 0 Å². The van der Waals surface area contributed by atoms with Gasteiger partial charge in [-0.1, -0.05) is 0 Å². The lowest BCUT2D eigenvalue weighted by atomic mass is 9.99. The highest BCUT2D eigenvalue weighted by molar-refractivity contribution is 5.80. The fraction of sp³-hybridized carbons (Fsp3) is 0.667. The van der Waals surface area contributed by atoms with Crippen molar-refractivity contribution in [3.05, 3.63) is 0 Å². The number of carbonyl (C=O) groups excluding carboxylic acids is 1. The van der Waals surface area contributed by atoms with Gasteiger partial charge in [0.15, 0.2) is 6.04 Å². The summed E-state index contributed by atoms with van der Waals surface area (Å²) in [5.74, 6) is -1.91. The number of carboxylic acids is 1. The monoisotopic (exact) mass is 231 g/mol. The lowest BCUT2D eigenvalue weighted by Crippen LogP contribution is -2.55. The first-order valence-electron chi connectivity index (χ1n) is 4.83. The predicted octanol–water partition coefficient (Wildman–Crippen LogP) is 0.145. The van der Waals surface area contributed by atoms with Gasteiger partial charge in [-0.15, -0.1) is 0 Å². The van der Waals surface area contributed by atoms with E-state index in [1.165, 1.54) is 6.92 Å². The number of hydrogen-bond acceptors (Lipinski definition) is 4. The van der Waals surface area contributed by atoms with E-state index in [0.717, 1.165) is 4.90 Å². The summed E-state index contributed by atoms with van der Waals surface area (Å²) in [6.45, 7) is 1.31. The van der Waals surface area contributed by atoms with Crippen molar-refractivity contribution in [1.82, 2.24) is 4.90 Å². The lowest BCUT2D eigenvalue weighted by Gasteiger charge is -2.36. The largest absolute Gasteiger partial charge is 0.480 e. The molecule has 1 aliphatic rings. The van der Waals surface area contributed by atoms with Crippen molar-refractivity contribution in [2.75, 3.05) is 6.54 Å². The summed E-state index contributed by atoms with van der Waals surface area (Å²) in [5, 5.41) is 17.8. The molecule has 1 heterocycles. The molecule has 0 unspecified atom stereocenters. The SMILES string of the molecule is CC(=O)O[C@@H]1CCCN(C(=O)O)[C@@H]1C(=O)O. The molecule has 2 N–H and O–H groups in total. The van der Waals surface area contributed by atoms with Crippen molar-refractivity contribution in [2.24, 2.45) is 0 Å². The zero-order valence-corrected chi connectivity index (χ0v) is 8.75. The molecule has 1 amide bonds. The second-order valence-corrected chi connectivity index (χ2v) is 3.55. The van der Waals surface area contributed by atoms with Crippen LogP contribution in [-0.4, -0.2) is 51.8 Å². The highest BCUT2D eigenvalue weighted by Crippen LogP contribution is 2.21. The molecule has 1 fully saturated rings. The van der Waals surface area contributed by atoms with Crippen LogP contribution in [0.4, 0.5) is 4.79 Å². The van der Waals surface area contributed by atoms with E-state index in [0.29, 0.717) is 12.8 Å². The van der Waals surface area contributed by atoms with Crippen LogP contribution in [0.3, 0.4) is 0 Å². The van der Waals surface area contributed by atoms with Gasteiger partial charge in [0.1, 0.15) is 6.10 Å². The first-order chi connectivity index (χ1) is 7.43. The first-order valence-corrected chi connectivity index (χ1v) is 4.83. The van der Waals surface area contributed by atoms with Gasteiger partial charge in [0.2, 0.25) is 0 Å². The normalized spacial score (nSPS) is 24.9. The number of carbonyl (C=O) groups is 3. The Morgan fingerprint density at radius 2 is 1.94 bits per heavy atom. The van der Waals surface area contributed by atoms with E-state index in [1.807, 2.05) is 0 Å². The molecule has 0 aliphatic carbocycles. The van der Waals surface area contributed by atoms with Crippen LogP contribution < -0.4 is 0 Å². The Morgan fingerprint density at radius 3 is 2.38 bits per heavy atom. The minimum Gasteiger partial charge on any atom is -0.480 e. The summed E-state index contributed by atoms with van der Waals surface area (Å²) in [6.07, 6.45) is -1.38. The van der Waals surface area contributed by atoms with E-state index in [4.69, 9.17) is 14.9 Å². The standard InChI is InChI=1S/C9H13NO6/c1-5(11)16-6-3-2-4-10(9(14)15)7(6)8(12)13/h6-7H,2-4H2,1H3,(H,12,13)(H,14,15)/t6-,7+/m1/s1. The van der Waals surface area contributed by atoms with E-state index in [-0.39, 0.29) is 6.54 Å². The van der Waals surface area contributed by atoms with Crippen LogP contribution >= 0.6 is 0 Å². The summed E-state index contributed by atoms with van der Waals surface area (Å²) in [5.41, 5.74) is 0. The van der Waals surface area contributed by atoms with Crippen LogP contribution in [0.1, 0.15) is 19.8 Å². The van der Waals surface area contributed by atoms with Gasteiger partial charge in [-0.3, -0.25) is 9.69 Å². The summed E-state index contributed by atoms with van der Waals surface area (Å²) in [4.78, 5) is 33.4. The van der Waals surface area contributed by atoms with Gasteiger partial charge in [-0.05, 0) is 12.8 Å². The molecule has 7 nitrogen and oxygen atoms in total. The molecule has 0 spiro atoms. The number of aliphatic carboxylic acids is 1. The van der Waals surface area contributed by atoms with Crippen LogP contribution in [0, 0.1) is 0 Å². The minimum atomic E-state index is -1.32. The third-order valence-electron chi connectivity index (χ3n) is 2.39. The van der Waals surface area contributed by atoms with Crippen molar-refractivity contribution in [3.8, 4) is 0 Å². The molecule has 1 aliphatic heterocycles. The fourth-order valence-corrected chi connectivity index (χ4v) is 1.80. The molecule has 0 aromatic carbocycles. The van der Waals surface area contributed by atoms with Crippen LogP contribution in [-0.2, 0) is 14.3 Å². The second-order valence-electron chi connectivity index (χ2n) is 3.55. The number of amides is 1. The zero-order chi connectivity index (χ0) is 12.3. The molecule has 0 saturated carbocycles. The molecule has 90 valence electrons. The van der Waals surface area contributed by atoms with Crippen LogP contribution in [0.2, 0.25) is 0 Å². The zero-order valence-electron chi connectivity index (χ0n) is 8.75. The van der Waals surface area contributed by atoms with Gasteiger partial charge in [0.25, 0.3) is 0 Å². The fourth-order valence-electron chi connectivity index (χ4n) is 1.80. The van der Waals surface area contributed by atoms with Gasteiger partial charge in [-0.25, -0.2) is 9.59 Å². The molecular weight excluding hydrogens is 218 g/mol. The van der Waals surface area contributed by atoms with Gasteiger partial charge in [0, 0.05) is 13.5 Å². The Hall–Kier alpha value is -1.79. The summed E-state index contributed by atoms with van der Waals surface area (Å²) < 4.78 is 4.82. The van der Waals surface area contributed by atoms with Crippen LogP contribution in [0.15, 0.2) is 0 Å². The lowest BCUT2D eigenvalue weighted by molar-refractivity contribution is -0.161. The Balaban J connectivity index is 2.86. The highest BCUT2D eigenvalue weighted by Gasteiger charge is 2.41. The average molecular weight is 231 g/mol. The van der Waals surface area contributed by atoms with E-state index < -0.39 is 30.2 Å². The number of likely N-dealkylation sites (tertiary alicyclic amines) is 1. The van der Waals surface area contributed by atoms with E-state index in [1.54, 1.807) is 0 Å². The molecule has 0 aromatic heterocycles. The molecule has 2 atom stereocenters. The molecule has 7 heteroatoms. The Morgan fingerprint density at radius 1 is 1.31 bits per heavy atom. The van der Waals surface area contributed by atoms with Crippen molar-refractivity contribution in [2.45, 2.75) is 31.9 Å². The Kier molecular flexibility index (Phi) is 3.70. The van der Waals surface area contributed by atoms with Crippen LogP contribution in [0.5, 0.6) is 0 Å². The summed E-state index contributed by atoms with van der Waals surface area (Å²) in [6, 6.07) is -1.31. The van der Waals surface area contributed by atoms with E-state index in [2.05, 4.69) is 0 Å². The van der Waals surface area contributed by atoms with Crippen LogP contribution in [0.25, 0.3) is 0 Å². The number of piperidine rings is 1. The number of nitrogens with zero attached hydrogens (tertiary/aromatic N) is 1. The first kappa shape index (κ1) is 12.3. The second kappa shape index (κ2) is 4.82. The Labute approximate surface area is 91.6 Å². The maximum absolute atomic E-state index is 11.0. The summed E-state index contributed by atoms with van der Waals surface area (Å²) in [7, 11) is 0. The van der Waals surface area contributed by atoms with Gasteiger partial charge < -0.3 is 14.9 Å². The third kappa shape index (κ3) is 2.62. The Bertz CT molecular complexity index is 315. The number of hydrogen-bond donors (Lipinski definition) is 2. The highest BCUT2D eigenvalue weighted by atomic mass is 16.5. The molecule has 1 saturated heterocycles. The number of ether oxygens (including phenoxy) is 1. The molecule has 1 rings (SSSR count). The van der Waals surface area contributed by atoms with Crippen molar-refractivity contribution in [3.63, 3.8) is 0 Å². The smallest absolute Gasteiger partial charge is 0.408 e. The van der Waals surface area contributed by atoms with Crippen molar-refractivity contribution >= 4 is 18.0 Å². The van der Waals surface area contributed by atoms with E-state index >= 15 is 0 Å². The molecule has 0 bridgehead atoms. The number of esters is 1.